The second-order valence-electron chi connectivity index (χ2n) is 8.85. The number of methoxy groups -OCH3 is 1. The molecule has 0 aliphatic heterocycles. The molecule has 0 aliphatic rings. The molecule has 0 saturated heterocycles. The number of amides is 2. The van der Waals surface area contributed by atoms with Crippen molar-refractivity contribution in [1.29, 1.82) is 0 Å². The van der Waals surface area contributed by atoms with Gasteiger partial charge in [0.1, 0.15) is 6.61 Å². The zero-order chi connectivity index (χ0) is 24.2. The van der Waals surface area contributed by atoms with E-state index in [1.165, 1.54) is 12.7 Å². The van der Waals surface area contributed by atoms with Crippen LogP contribution >= 0.6 is 15.9 Å². The van der Waals surface area contributed by atoms with Crippen LogP contribution in [0.3, 0.4) is 0 Å². The quantitative estimate of drug-likeness (QED) is 0.354. The Bertz CT molecular complexity index is 864. The lowest BCUT2D eigenvalue weighted by Crippen LogP contribution is -2.45. The van der Waals surface area contributed by atoms with E-state index in [0.717, 1.165) is 36.0 Å². The first-order valence-corrected chi connectivity index (χ1v) is 12.6. The molecule has 1 aromatic carbocycles. The summed E-state index contributed by atoms with van der Waals surface area (Å²) in [5.74, 6) is 0.296. The van der Waals surface area contributed by atoms with E-state index < -0.39 is 0 Å². The Kier molecular flexibility index (Phi) is 11.7. The molecule has 1 heterocycles. The first-order valence-electron chi connectivity index (χ1n) is 11.8. The molecular formula is C26H38BrN3O3. The molecule has 6 nitrogen and oxygen atoms in total. The number of ether oxygens (including phenoxy) is 1. The van der Waals surface area contributed by atoms with Crippen LogP contribution in [0.1, 0.15) is 51.3 Å². The van der Waals surface area contributed by atoms with Gasteiger partial charge in [-0.3, -0.25) is 9.59 Å². The van der Waals surface area contributed by atoms with Crippen LogP contribution in [-0.2, 0) is 27.4 Å². The number of carbonyl (C=O) groups is 2. The zero-order valence-corrected chi connectivity index (χ0v) is 22.0. The van der Waals surface area contributed by atoms with Crippen LogP contribution < -0.4 is 0 Å². The number of hydrogen-bond acceptors (Lipinski definition) is 3. The van der Waals surface area contributed by atoms with Gasteiger partial charge in [0.15, 0.2) is 0 Å². The predicted molar refractivity (Wildman–Crippen MR) is 136 cm³/mol. The van der Waals surface area contributed by atoms with Crippen molar-refractivity contribution in [3.63, 3.8) is 0 Å². The maximum absolute atomic E-state index is 13.3. The van der Waals surface area contributed by atoms with Gasteiger partial charge in [-0.15, -0.1) is 0 Å². The summed E-state index contributed by atoms with van der Waals surface area (Å²) in [5.41, 5.74) is 2.28. The number of unbranched alkanes of at least 4 members (excludes halogenated alkanes) is 1. The minimum absolute atomic E-state index is 0.00360. The average Bonchev–Trinajstić information content (AvgIpc) is 3.21. The van der Waals surface area contributed by atoms with Gasteiger partial charge in [-0.05, 0) is 48.6 Å². The highest BCUT2D eigenvalue weighted by atomic mass is 79.9. The Balaban J connectivity index is 2.13. The van der Waals surface area contributed by atoms with E-state index in [9.17, 15) is 9.59 Å². The summed E-state index contributed by atoms with van der Waals surface area (Å²) < 4.78 is 8.28. The van der Waals surface area contributed by atoms with Gasteiger partial charge in [0.25, 0.3) is 0 Å². The molecule has 7 heteroatoms. The smallest absolute Gasteiger partial charge is 0.249 e. The average molecular weight is 521 g/mol. The van der Waals surface area contributed by atoms with Gasteiger partial charge in [-0.25, -0.2) is 0 Å². The van der Waals surface area contributed by atoms with Crippen molar-refractivity contribution < 1.29 is 14.3 Å². The molecule has 33 heavy (non-hydrogen) atoms. The van der Waals surface area contributed by atoms with Crippen molar-refractivity contribution in [2.75, 3.05) is 33.4 Å². The molecule has 0 radical (unpaired) electrons. The third-order valence-electron chi connectivity index (χ3n) is 5.60. The highest BCUT2D eigenvalue weighted by molar-refractivity contribution is 9.10. The number of halogens is 1. The standard InChI is InChI=1S/C26H38BrN3O3/c1-5-6-14-29(25(31)19-30(16-13-21(2)3)26(32)20-33-4)18-24-8-7-15-28(24)17-22-9-11-23(27)12-10-22/h7-12,15,21H,5-6,13-14,16-20H2,1-4H3. The number of benzene rings is 1. The van der Waals surface area contributed by atoms with Crippen LogP contribution in [0.15, 0.2) is 47.1 Å². The maximum atomic E-state index is 13.3. The lowest BCUT2D eigenvalue weighted by atomic mass is 10.1. The van der Waals surface area contributed by atoms with Gasteiger partial charge in [-0.1, -0.05) is 55.3 Å². The fourth-order valence-corrected chi connectivity index (χ4v) is 3.82. The molecule has 2 amide bonds. The van der Waals surface area contributed by atoms with Gasteiger partial charge in [0.2, 0.25) is 11.8 Å². The second kappa shape index (κ2) is 14.2. The molecule has 1 aromatic heterocycles. The minimum atomic E-state index is -0.138. The molecule has 0 aliphatic carbocycles. The molecule has 0 unspecified atom stereocenters. The van der Waals surface area contributed by atoms with Gasteiger partial charge in [0.05, 0.1) is 13.1 Å². The van der Waals surface area contributed by atoms with Crippen LogP contribution in [0.25, 0.3) is 0 Å². The predicted octanol–water partition coefficient (Wildman–Crippen LogP) is 4.95. The van der Waals surface area contributed by atoms with Crippen LogP contribution in [0.5, 0.6) is 0 Å². The van der Waals surface area contributed by atoms with Crippen molar-refractivity contribution in [2.24, 2.45) is 5.92 Å². The highest BCUT2D eigenvalue weighted by Gasteiger charge is 2.22. The minimum Gasteiger partial charge on any atom is -0.375 e. The molecule has 0 saturated carbocycles. The number of aromatic nitrogens is 1. The Hall–Kier alpha value is -2.12. The van der Waals surface area contributed by atoms with Gasteiger partial charge < -0.3 is 19.1 Å². The van der Waals surface area contributed by atoms with E-state index in [-0.39, 0.29) is 25.0 Å². The number of nitrogens with zero attached hydrogens (tertiary/aromatic N) is 3. The number of hydrogen-bond donors (Lipinski definition) is 0. The van der Waals surface area contributed by atoms with Gasteiger partial charge in [0, 0.05) is 43.1 Å². The van der Waals surface area contributed by atoms with Crippen LogP contribution in [0, 0.1) is 5.92 Å². The van der Waals surface area contributed by atoms with E-state index in [0.29, 0.717) is 25.6 Å². The first kappa shape index (κ1) is 27.1. The number of rotatable bonds is 14. The van der Waals surface area contributed by atoms with Gasteiger partial charge in [-0.2, -0.15) is 0 Å². The van der Waals surface area contributed by atoms with Gasteiger partial charge >= 0.3 is 0 Å². The summed E-state index contributed by atoms with van der Waals surface area (Å²) in [6, 6.07) is 12.4. The van der Waals surface area contributed by atoms with Crippen molar-refractivity contribution in [3.05, 3.63) is 58.3 Å². The highest BCUT2D eigenvalue weighted by Crippen LogP contribution is 2.15. The van der Waals surface area contributed by atoms with Crippen LogP contribution in [-0.4, -0.2) is 59.5 Å². The largest absolute Gasteiger partial charge is 0.375 e. The number of carbonyl (C=O) groups excluding carboxylic acids is 2. The van der Waals surface area contributed by atoms with E-state index in [4.69, 9.17) is 4.74 Å². The Morgan fingerprint density at radius 3 is 2.42 bits per heavy atom. The topological polar surface area (TPSA) is 54.8 Å². The molecule has 2 rings (SSSR count). The summed E-state index contributed by atoms with van der Waals surface area (Å²) >= 11 is 3.48. The molecule has 182 valence electrons. The zero-order valence-electron chi connectivity index (χ0n) is 20.4. The summed E-state index contributed by atoms with van der Waals surface area (Å²) in [5, 5.41) is 0. The van der Waals surface area contributed by atoms with Crippen LogP contribution in [0.2, 0.25) is 0 Å². The fraction of sp³-hybridized carbons (Fsp3) is 0.538. The molecule has 0 bridgehead atoms. The van der Waals surface area contributed by atoms with E-state index in [1.807, 2.05) is 23.1 Å². The monoisotopic (exact) mass is 519 g/mol. The van der Waals surface area contributed by atoms with Crippen molar-refractivity contribution >= 4 is 27.7 Å². The maximum Gasteiger partial charge on any atom is 0.249 e. The van der Waals surface area contributed by atoms with E-state index in [1.54, 1.807) is 4.90 Å². The summed E-state index contributed by atoms with van der Waals surface area (Å²) in [4.78, 5) is 29.4. The summed E-state index contributed by atoms with van der Waals surface area (Å²) in [6.07, 6.45) is 4.84. The van der Waals surface area contributed by atoms with E-state index >= 15 is 0 Å². The molecule has 2 aromatic rings. The molecule has 0 spiro atoms. The third kappa shape index (κ3) is 9.33. The molecule has 0 atom stereocenters. The summed E-state index contributed by atoms with van der Waals surface area (Å²) in [6.45, 7) is 8.96. The molecule has 0 N–H and O–H groups in total. The Morgan fingerprint density at radius 1 is 1.06 bits per heavy atom. The SMILES string of the molecule is CCCCN(Cc1cccn1Cc1ccc(Br)cc1)C(=O)CN(CCC(C)C)C(=O)COC. The van der Waals surface area contributed by atoms with Crippen molar-refractivity contribution in [1.82, 2.24) is 14.4 Å². The normalized spacial score (nSPS) is 11.1. The Labute approximate surface area is 207 Å². The van der Waals surface area contributed by atoms with Crippen LogP contribution in [0.4, 0.5) is 0 Å². The third-order valence-corrected chi connectivity index (χ3v) is 6.13. The lowest BCUT2D eigenvalue weighted by molar-refractivity contribution is -0.143. The van der Waals surface area contributed by atoms with Crippen molar-refractivity contribution in [2.45, 2.75) is 53.1 Å². The molecule has 0 fully saturated rings. The Morgan fingerprint density at radius 2 is 1.79 bits per heavy atom. The summed E-state index contributed by atoms with van der Waals surface area (Å²) in [7, 11) is 1.51. The fourth-order valence-electron chi connectivity index (χ4n) is 3.55. The van der Waals surface area contributed by atoms with E-state index in [2.05, 4.69) is 65.7 Å². The lowest BCUT2D eigenvalue weighted by Gasteiger charge is -2.28. The second-order valence-corrected chi connectivity index (χ2v) is 9.77. The molecular weight excluding hydrogens is 482 g/mol. The van der Waals surface area contributed by atoms with Crippen molar-refractivity contribution in [3.8, 4) is 0 Å². The first-order chi connectivity index (χ1) is 15.8.